The van der Waals surface area contributed by atoms with E-state index in [0.717, 1.165) is 0 Å². The average molecular weight is 396 g/mol. The third-order valence-corrected chi connectivity index (χ3v) is 5.44. The zero-order chi connectivity index (χ0) is 19.1. The zero-order valence-corrected chi connectivity index (χ0v) is 15.3. The summed E-state index contributed by atoms with van der Waals surface area (Å²) in [7, 11) is -2.52. The Morgan fingerprint density at radius 2 is 1.77 bits per heavy atom. The lowest BCUT2D eigenvalue weighted by Gasteiger charge is -2.10. The topological polar surface area (TPSA) is 110 Å². The van der Waals surface area contributed by atoms with Gasteiger partial charge in [0.05, 0.1) is 10.5 Å². The third kappa shape index (κ3) is 3.44. The van der Waals surface area contributed by atoms with Crippen molar-refractivity contribution in [3.8, 4) is 0 Å². The number of sulfonamides is 1. The van der Waals surface area contributed by atoms with Crippen molar-refractivity contribution in [1.29, 1.82) is 0 Å². The molecule has 1 amide bonds. The molecule has 0 aliphatic heterocycles. The van der Waals surface area contributed by atoms with E-state index in [1.807, 2.05) is 0 Å². The van der Waals surface area contributed by atoms with Crippen LogP contribution in [-0.2, 0) is 21.9 Å². The molecule has 1 heterocycles. The van der Waals surface area contributed by atoms with Crippen LogP contribution in [0.5, 0.6) is 0 Å². The minimum absolute atomic E-state index is 0.0451. The van der Waals surface area contributed by atoms with Crippen molar-refractivity contribution in [2.45, 2.75) is 11.8 Å². The molecule has 0 saturated carbocycles. The van der Waals surface area contributed by atoms with Crippen LogP contribution < -0.4 is 15.8 Å². The second-order valence-corrected chi connectivity index (χ2v) is 7.60. The minimum atomic E-state index is -4.02. The van der Waals surface area contributed by atoms with Crippen LogP contribution in [-0.4, -0.2) is 18.9 Å². The van der Waals surface area contributed by atoms with Crippen molar-refractivity contribution < 1.29 is 17.6 Å². The zero-order valence-electron chi connectivity index (χ0n) is 13.7. The molecule has 0 radical (unpaired) electrons. The molecule has 0 unspecified atom stereocenters. The number of nitrogens with one attached hydrogen (secondary N) is 2. The van der Waals surface area contributed by atoms with Gasteiger partial charge in [0, 0.05) is 31.4 Å². The fourth-order valence-corrected chi connectivity index (χ4v) is 3.97. The summed E-state index contributed by atoms with van der Waals surface area (Å²) >= 11 is 6.09. The molecule has 3 rings (SSSR count). The summed E-state index contributed by atoms with van der Waals surface area (Å²) in [6.45, 7) is 1.37. The summed E-state index contributed by atoms with van der Waals surface area (Å²) in [6.07, 6.45) is 0. The molecule has 0 aliphatic rings. The summed E-state index contributed by atoms with van der Waals surface area (Å²) in [5.41, 5.74) is 1.32. The van der Waals surface area contributed by atoms with E-state index in [1.54, 1.807) is 12.1 Å². The summed E-state index contributed by atoms with van der Waals surface area (Å²) in [5, 5.41) is 2.54. The molecule has 26 heavy (non-hydrogen) atoms. The van der Waals surface area contributed by atoms with Crippen LogP contribution >= 0.6 is 11.6 Å². The van der Waals surface area contributed by atoms with Crippen LogP contribution in [0.3, 0.4) is 0 Å². The number of hydrogen-bond acceptors (Lipinski definition) is 5. The first-order valence-electron chi connectivity index (χ1n) is 7.37. The number of amides is 1. The number of carbonyl (C=O) groups is 1. The molecule has 0 aliphatic carbocycles. The van der Waals surface area contributed by atoms with Gasteiger partial charge in [0.25, 0.3) is 10.0 Å². The molecule has 0 fully saturated rings. The number of oxazole rings is 1. The first-order valence-corrected chi connectivity index (χ1v) is 9.23. The lowest BCUT2D eigenvalue weighted by atomic mass is 10.3. The number of aryl methyl sites for hydroxylation is 1. The molecule has 8 nitrogen and oxygen atoms in total. The Labute approximate surface area is 153 Å². The van der Waals surface area contributed by atoms with E-state index in [4.69, 9.17) is 16.0 Å². The van der Waals surface area contributed by atoms with Crippen molar-refractivity contribution >= 4 is 50.0 Å². The Hall–Kier alpha value is -2.78. The van der Waals surface area contributed by atoms with E-state index in [1.165, 1.54) is 42.8 Å². The van der Waals surface area contributed by atoms with Crippen LogP contribution in [0.2, 0.25) is 5.02 Å². The Morgan fingerprint density at radius 3 is 2.38 bits per heavy atom. The number of fused-ring (bicyclic) bond motifs is 1. The molecular formula is C16H14ClN3O5S. The number of hydrogen-bond donors (Lipinski definition) is 2. The molecule has 0 bridgehead atoms. The van der Waals surface area contributed by atoms with Gasteiger partial charge >= 0.3 is 5.76 Å². The molecule has 136 valence electrons. The van der Waals surface area contributed by atoms with E-state index < -0.39 is 15.8 Å². The molecule has 10 heteroatoms. The Morgan fingerprint density at radius 1 is 1.15 bits per heavy atom. The van der Waals surface area contributed by atoms with E-state index >= 15 is 0 Å². The number of nitrogens with zero attached hydrogens (tertiary/aromatic N) is 1. The Balaban J connectivity index is 1.95. The Kier molecular flexibility index (Phi) is 4.51. The third-order valence-electron chi connectivity index (χ3n) is 3.59. The summed E-state index contributed by atoms with van der Waals surface area (Å²) in [6, 6.07) is 8.67. The lowest BCUT2D eigenvalue weighted by molar-refractivity contribution is -0.114. The first kappa shape index (κ1) is 18.0. The molecule has 1 aromatic heterocycles. The maximum Gasteiger partial charge on any atom is 0.419 e. The van der Waals surface area contributed by atoms with Gasteiger partial charge in [-0.05, 0) is 30.3 Å². The number of rotatable bonds is 4. The summed E-state index contributed by atoms with van der Waals surface area (Å²) < 4.78 is 33.9. The van der Waals surface area contributed by atoms with Crippen molar-refractivity contribution in [2.24, 2.45) is 7.05 Å². The molecule has 0 saturated heterocycles. The highest BCUT2D eigenvalue weighted by molar-refractivity contribution is 7.92. The predicted octanol–water partition coefficient (Wildman–Crippen LogP) is 2.54. The van der Waals surface area contributed by atoms with Gasteiger partial charge in [0.2, 0.25) is 5.91 Å². The number of halogens is 1. The second-order valence-electron chi connectivity index (χ2n) is 5.54. The predicted molar refractivity (Wildman–Crippen MR) is 98.0 cm³/mol. The van der Waals surface area contributed by atoms with Crippen molar-refractivity contribution in [3.05, 3.63) is 52.0 Å². The highest BCUT2D eigenvalue weighted by atomic mass is 35.5. The van der Waals surface area contributed by atoms with Gasteiger partial charge in [0.1, 0.15) is 4.90 Å². The maximum absolute atomic E-state index is 12.6. The van der Waals surface area contributed by atoms with Gasteiger partial charge in [-0.1, -0.05) is 11.6 Å². The number of benzene rings is 2. The number of anilines is 2. The highest BCUT2D eigenvalue weighted by Crippen LogP contribution is 2.28. The van der Waals surface area contributed by atoms with Crippen molar-refractivity contribution in [1.82, 2.24) is 4.57 Å². The van der Waals surface area contributed by atoms with Crippen LogP contribution in [0, 0.1) is 0 Å². The van der Waals surface area contributed by atoms with Crippen LogP contribution in [0.15, 0.2) is 50.5 Å². The van der Waals surface area contributed by atoms with Crippen molar-refractivity contribution in [3.63, 3.8) is 0 Å². The van der Waals surface area contributed by atoms with Crippen LogP contribution in [0.4, 0.5) is 11.4 Å². The van der Waals surface area contributed by atoms with Gasteiger partial charge in [-0.2, -0.15) is 0 Å². The molecule has 3 aromatic rings. The maximum atomic E-state index is 12.6. The summed E-state index contributed by atoms with van der Waals surface area (Å²) in [4.78, 5) is 22.4. The van der Waals surface area contributed by atoms with Gasteiger partial charge in [-0.25, -0.2) is 13.2 Å². The quantitative estimate of drug-likeness (QED) is 0.705. The van der Waals surface area contributed by atoms with E-state index in [2.05, 4.69) is 10.0 Å². The molecule has 2 N–H and O–H groups in total. The average Bonchev–Trinajstić information content (AvgIpc) is 2.82. The fraction of sp³-hybridized carbons (Fsp3) is 0.125. The summed E-state index contributed by atoms with van der Waals surface area (Å²) in [5.74, 6) is -0.852. The molecule has 0 atom stereocenters. The SMILES string of the molecule is CC(=O)Nc1ccc(NS(=O)(=O)c2cc3oc(=O)n(C)c3cc2Cl)cc1. The van der Waals surface area contributed by atoms with Gasteiger partial charge < -0.3 is 9.73 Å². The fourth-order valence-electron chi connectivity index (χ4n) is 2.37. The minimum Gasteiger partial charge on any atom is -0.408 e. The number of carbonyl (C=O) groups excluding carboxylic acids is 1. The molecule has 2 aromatic carbocycles. The van der Waals surface area contributed by atoms with Gasteiger partial charge in [0.15, 0.2) is 5.58 Å². The normalized spacial score (nSPS) is 11.5. The standard InChI is InChI=1S/C16H14ClN3O5S/c1-9(21)18-10-3-5-11(6-4-10)19-26(23,24)15-8-14-13(7-12(15)17)20(2)16(22)25-14/h3-8,19H,1-2H3,(H,18,21). The number of aromatic nitrogens is 1. The molecule has 0 spiro atoms. The molecular weight excluding hydrogens is 382 g/mol. The largest absolute Gasteiger partial charge is 0.419 e. The highest BCUT2D eigenvalue weighted by Gasteiger charge is 2.21. The monoisotopic (exact) mass is 395 g/mol. The second kappa shape index (κ2) is 6.50. The lowest BCUT2D eigenvalue weighted by Crippen LogP contribution is -2.14. The van der Waals surface area contributed by atoms with Crippen LogP contribution in [0.25, 0.3) is 11.1 Å². The van der Waals surface area contributed by atoms with E-state index in [9.17, 15) is 18.0 Å². The van der Waals surface area contributed by atoms with E-state index in [-0.39, 0.29) is 27.1 Å². The smallest absolute Gasteiger partial charge is 0.408 e. The van der Waals surface area contributed by atoms with Gasteiger partial charge in [-0.15, -0.1) is 0 Å². The van der Waals surface area contributed by atoms with Gasteiger partial charge in [-0.3, -0.25) is 14.1 Å². The van der Waals surface area contributed by atoms with Crippen molar-refractivity contribution in [2.75, 3.05) is 10.0 Å². The van der Waals surface area contributed by atoms with E-state index in [0.29, 0.717) is 11.2 Å². The Bertz CT molecular complexity index is 1160. The van der Waals surface area contributed by atoms with Crippen LogP contribution in [0.1, 0.15) is 6.92 Å². The first-order chi connectivity index (χ1) is 12.2.